The van der Waals surface area contributed by atoms with Gasteiger partial charge in [0.1, 0.15) is 11.9 Å². The Morgan fingerprint density at radius 3 is 2.65 bits per heavy atom. The number of benzene rings is 1. The van der Waals surface area contributed by atoms with Crippen LogP contribution in [-0.2, 0) is 22.3 Å². The molecule has 0 aliphatic rings. The van der Waals surface area contributed by atoms with Crippen LogP contribution in [0.3, 0.4) is 0 Å². The quantitative estimate of drug-likeness (QED) is 0.808. The van der Waals surface area contributed by atoms with Crippen LogP contribution in [0.5, 0.6) is 0 Å². The summed E-state index contributed by atoms with van der Waals surface area (Å²) >= 11 is 0. The van der Waals surface area contributed by atoms with Crippen LogP contribution in [0.25, 0.3) is 0 Å². The fourth-order valence-electron chi connectivity index (χ4n) is 1.54. The second kappa shape index (κ2) is 6.67. The Morgan fingerprint density at radius 2 is 2.10 bits per heavy atom. The van der Waals surface area contributed by atoms with Gasteiger partial charge in [-0.25, -0.2) is 4.39 Å². The van der Waals surface area contributed by atoms with Gasteiger partial charge in [-0.3, -0.25) is 4.79 Å². The van der Waals surface area contributed by atoms with Crippen molar-refractivity contribution in [1.29, 1.82) is 0 Å². The van der Waals surface area contributed by atoms with E-state index >= 15 is 0 Å². The molecule has 1 rings (SSSR count). The van der Waals surface area contributed by atoms with Gasteiger partial charge in [-0.05, 0) is 17.7 Å². The molecule has 0 aromatic heterocycles. The topological polar surface area (TPSA) is 64.3 Å². The summed E-state index contributed by atoms with van der Waals surface area (Å²) in [5.41, 5.74) is 4.05. The first-order valence-corrected chi connectivity index (χ1v) is 5.63. The van der Waals surface area contributed by atoms with E-state index in [-0.39, 0.29) is 12.2 Å². The molecule has 0 radical (unpaired) electrons. The molecule has 3 N–H and O–H groups in total. The highest BCUT2D eigenvalue weighted by Crippen LogP contribution is 2.32. The van der Waals surface area contributed by atoms with Gasteiger partial charge in [-0.2, -0.15) is 13.2 Å². The number of nitrogens with two attached hydrogens (primary N) is 1. The molecule has 0 spiro atoms. The number of nitrogens with one attached hydrogen (secondary N) is 1. The number of methoxy groups -OCH3 is 1. The summed E-state index contributed by atoms with van der Waals surface area (Å²) in [7, 11) is 1.34. The van der Waals surface area contributed by atoms with E-state index in [1.807, 2.05) is 0 Å². The normalized spacial score (nSPS) is 13.1. The number of ether oxygens (including phenoxy) is 1. The fourth-order valence-corrected chi connectivity index (χ4v) is 1.54. The smallest absolute Gasteiger partial charge is 0.383 e. The van der Waals surface area contributed by atoms with Gasteiger partial charge in [0.15, 0.2) is 0 Å². The molecular weight excluding hydrogens is 280 g/mol. The Balaban J connectivity index is 2.81. The summed E-state index contributed by atoms with van der Waals surface area (Å²) in [4.78, 5) is 11.5. The Hall–Kier alpha value is -1.67. The lowest BCUT2D eigenvalue weighted by Crippen LogP contribution is -2.43. The van der Waals surface area contributed by atoms with Crippen LogP contribution in [0.15, 0.2) is 18.2 Å². The minimum atomic E-state index is -4.70. The summed E-state index contributed by atoms with van der Waals surface area (Å²) in [5, 5.41) is 2.25. The Bertz CT molecular complexity index is 477. The highest BCUT2D eigenvalue weighted by molar-refractivity contribution is 5.81. The summed E-state index contributed by atoms with van der Waals surface area (Å²) in [5.74, 6) is -1.65. The molecule has 0 saturated carbocycles. The molecule has 1 aromatic rings. The number of hydrogen-bond acceptors (Lipinski definition) is 3. The van der Waals surface area contributed by atoms with Crippen molar-refractivity contribution in [1.82, 2.24) is 5.32 Å². The van der Waals surface area contributed by atoms with Crippen LogP contribution in [0.4, 0.5) is 17.6 Å². The standard InChI is InChI=1S/C12H14F4N2O2/c1-20-6-10(17)11(19)18-5-7-2-3-8(13)4-9(7)12(14,15)16/h2-4,10H,5-6,17H2,1H3,(H,18,19). The molecule has 1 unspecified atom stereocenters. The monoisotopic (exact) mass is 294 g/mol. The molecule has 4 nitrogen and oxygen atoms in total. The zero-order chi connectivity index (χ0) is 15.3. The number of carbonyl (C=O) groups is 1. The lowest BCUT2D eigenvalue weighted by Gasteiger charge is -2.15. The maximum atomic E-state index is 12.9. The minimum absolute atomic E-state index is 0.0542. The van der Waals surface area contributed by atoms with Crippen LogP contribution >= 0.6 is 0 Å². The maximum Gasteiger partial charge on any atom is 0.416 e. The molecule has 0 aliphatic carbocycles. The fraction of sp³-hybridized carbons (Fsp3) is 0.417. The van der Waals surface area contributed by atoms with Crippen LogP contribution in [0, 0.1) is 5.82 Å². The van der Waals surface area contributed by atoms with E-state index in [4.69, 9.17) is 5.73 Å². The first kappa shape index (κ1) is 16.4. The molecule has 0 fully saturated rings. The van der Waals surface area contributed by atoms with Gasteiger partial charge in [0.05, 0.1) is 12.2 Å². The first-order valence-electron chi connectivity index (χ1n) is 5.63. The summed E-state index contributed by atoms with van der Waals surface area (Å²) < 4.78 is 55.7. The third-order valence-electron chi connectivity index (χ3n) is 2.51. The lowest BCUT2D eigenvalue weighted by molar-refractivity contribution is -0.138. The van der Waals surface area contributed by atoms with E-state index in [2.05, 4.69) is 10.1 Å². The van der Waals surface area contributed by atoms with Crippen molar-refractivity contribution >= 4 is 5.91 Å². The molecule has 0 aliphatic heterocycles. The minimum Gasteiger partial charge on any atom is -0.383 e. The summed E-state index contributed by atoms with van der Waals surface area (Å²) in [6.45, 7) is -0.452. The van der Waals surface area contributed by atoms with Crippen molar-refractivity contribution in [3.8, 4) is 0 Å². The van der Waals surface area contributed by atoms with Crippen molar-refractivity contribution < 1.29 is 27.1 Å². The third kappa shape index (κ3) is 4.46. The molecule has 0 bridgehead atoms. The van der Waals surface area contributed by atoms with Gasteiger partial charge in [0, 0.05) is 13.7 Å². The largest absolute Gasteiger partial charge is 0.416 e. The Kier molecular flexibility index (Phi) is 5.46. The second-order valence-electron chi connectivity index (χ2n) is 4.08. The van der Waals surface area contributed by atoms with Crippen molar-refractivity contribution in [3.05, 3.63) is 35.1 Å². The first-order chi connectivity index (χ1) is 9.25. The molecule has 0 heterocycles. The number of hydrogen-bond donors (Lipinski definition) is 2. The van der Waals surface area contributed by atoms with Gasteiger partial charge < -0.3 is 15.8 Å². The summed E-state index contributed by atoms with van der Waals surface area (Å²) in [6.07, 6.45) is -4.70. The van der Waals surface area contributed by atoms with Crippen LogP contribution in [-0.4, -0.2) is 25.7 Å². The highest BCUT2D eigenvalue weighted by atomic mass is 19.4. The van der Waals surface area contributed by atoms with Crippen LogP contribution in [0.2, 0.25) is 0 Å². The van der Waals surface area contributed by atoms with Gasteiger partial charge in [-0.15, -0.1) is 0 Å². The highest BCUT2D eigenvalue weighted by Gasteiger charge is 2.33. The van der Waals surface area contributed by atoms with Gasteiger partial charge in [0.25, 0.3) is 0 Å². The van der Waals surface area contributed by atoms with Crippen molar-refractivity contribution in [3.63, 3.8) is 0 Å². The average molecular weight is 294 g/mol. The number of amides is 1. The van der Waals surface area contributed by atoms with Crippen molar-refractivity contribution in [2.75, 3.05) is 13.7 Å². The predicted molar refractivity (Wildman–Crippen MR) is 63.1 cm³/mol. The number of carbonyl (C=O) groups excluding carboxylic acids is 1. The number of alkyl halides is 3. The zero-order valence-corrected chi connectivity index (χ0v) is 10.6. The molecule has 0 saturated heterocycles. The van der Waals surface area contributed by atoms with Crippen LogP contribution < -0.4 is 11.1 Å². The average Bonchev–Trinajstić information content (AvgIpc) is 2.36. The second-order valence-corrected chi connectivity index (χ2v) is 4.08. The summed E-state index contributed by atoms with van der Waals surface area (Å²) in [6, 6.07) is 1.28. The van der Waals surface area contributed by atoms with E-state index in [1.54, 1.807) is 0 Å². The van der Waals surface area contributed by atoms with E-state index < -0.39 is 36.1 Å². The molecule has 112 valence electrons. The predicted octanol–water partition coefficient (Wildman–Crippen LogP) is 1.43. The van der Waals surface area contributed by atoms with Gasteiger partial charge in [-0.1, -0.05) is 6.07 Å². The van der Waals surface area contributed by atoms with E-state index in [0.29, 0.717) is 6.07 Å². The molecular formula is C12H14F4N2O2. The molecule has 1 aromatic carbocycles. The van der Waals surface area contributed by atoms with Gasteiger partial charge >= 0.3 is 6.18 Å². The van der Waals surface area contributed by atoms with E-state index in [9.17, 15) is 22.4 Å². The zero-order valence-electron chi connectivity index (χ0n) is 10.6. The maximum absolute atomic E-state index is 12.9. The van der Waals surface area contributed by atoms with Crippen molar-refractivity contribution in [2.24, 2.45) is 5.73 Å². The lowest BCUT2D eigenvalue weighted by atomic mass is 10.1. The number of halogens is 4. The van der Waals surface area contributed by atoms with Crippen LogP contribution in [0.1, 0.15) is 11.1 Å². The molecule has 1 atom stereocenters. The Morgan fingerprint density at radius 1 is 1.45 bits per heavy atom. The molecule has 1 amide bonds. The third-order valence-corrected chi connectivity index (χ3v) is 2.51. The number of rotatable bonds is 5. The Labute approximate surface area is 112 Å². The van der Waals surface area contributed by atoms with Gasteiger partial charge in [0.2, 0.25) is 5.91 Å². The molecule has 8 heteroatoms. The van der Waals surface area contributed by atoms with Crippen molar-refractivity contribution in [2.45, 2.75) is 18.8 Å². The molecule has 20 heavy (non-hydrogen) atoms. The van der Waals surface area contributed by atoms with E-state index in [0.717, 1.165) is 12.1 Å². The SMILES string of the molecule is COCC(N)C(=O)NCc1ccc(F)cc1C(F)(F)F. The van der Waals surface area contributed by atoms with E-state index in [1.165, 1.54) is 7.11 Å².